The van der Waals surface area contributed by atoms with Gasteiger partial charge in [0.05, 0.1) is 27.0 Å². The highest BCUT2D eigenvalue weighted by atomic mass is 35.5. The molecule has 29 heavy (non-hydrogen) atoms. The van der Waals surface area contributed by atoms with Crippen LogP contribution in [0.4, 0.5) is 11.4 Å². The van der Waals surface area contributed by atoms with Gasteiger partial charge in [0.15, 0.2) is 0 Å². The van der Waals surface area contributed by atoms with Crippen LogP contribution in [-0.4, -0.2) is 24.5 Å². The van der Waals surface area contributed by atoms with E-state index in [9.17, 15) is 23.4 Å². The fourth-order valence-corrected chi connectivity index (χ4v) is 4.37. The van der Waals surface area contributed by atoms with Gasteiger partial charge in [0.25, 0.3) is 15.9 Å². The molecule has 0 heterocycles. The molecular formula is C19H14Cl2N2O5S. The maximum absolute atomic E-state index is 12.8. The number of anilines is 2. The third-order valence-electron chi connectivity index (χ3n) is 3.86. The normalized spacial score (nSPS) is 11.1. The molecule has 4 N–H and O–H groups in total. The van der Waals surface area contributed by atoms with Crippen molar-refractivity contribution in [1.29, 1.82) is 0 Å². The van der Waals surface area contributed by atoms with E-state index in [1.165, 1.54) is 36.4 Å². The summed E-state index contributed by atoms with van der Waals surface area (Å²) >= 11 is 12.1. The van der Waals surface area contributed by atoms with E-state index in [2.05, 4.69) is 10.0 Å². The van der Waals surface area contributed by atoms with Crippen molar-refractivity contribution in [2.75, 3.05) is 10.0 Å². The summed E-state index contributed by atoms with van der Waals surface area (Å²) in [4.78, 5) is 12.2. The molecule has 3 rings (SSSR count). The lowest BCUT2D eigenvalue weighted by Crippen LogP contribution is -2.17. The number of carbonyl (C=O) groups is 1. The van der Waals surface area contributed by atoms with Crippen LogP contribution in [0, 0.1) is 0 Å². The molecule has 3 aromatic rings. The zero-order chi connectivity index (χ0) is 21.2. The number of halogens is 2. The molecule has 0 aliphatic heterocycles. The van der Waals surface area contributed by atoms with Crippen molar-refractivity contribution < 1.29 is 23.4 Å². The lowest BCUT2D eigenvalue weighted by molar-refractivity contribution is 0.102. The number of nitrogens with one attached hydrogen (secondary N) is 2. The minimum Gasteiger partial charge on any atom is -0.506 e. The van der Waals surface area contributed by atoms with Gasteiger partial charge in [0.2, 0.25) is 0 Å². The Kier molecular flexibility index (Phi) is 5.88. The Morgan fingerprint density at radius 2 is 1.38 bits per heavy atom. The molecule has 0 radical (unpaired) electrons. The molecule has 7 nitrogen and oxygen atoms in total. The molecule has 150 valence electrons. The van der Waals surface area contributed by atoms with Crippen LogP contribution in [-0.2, 0) is 10.0 Å². The third kappa shape index (κ3) is 4.56. The Labute approximate surface area is 176 Å². The molecule has 10 heteroatoms. The van der Waals surface area contributed by atoms with Crippen LogP contribution in [0.3, 0.4) is 0 Å². The second-order valence-corrected chi connectivity index (χ2v) is 8.32. The highest BCUT2D eigenvalue weighted by Crippen LogP contribution is 2.32. The minimum atomic E-state index is -4.25. The summed E-state index contributed by atoms with van der Waals surface area (Å²) in [5.74, 6) is -1.19. The first kappa shape index (κ1) is 20.8. The summed E-state index contributed by atoms with van der Waals surface area (Å²) in [6.45, 7) is 0. The number of carbonyl (C=O) groups excluding carboxylic acids is 1. The van der Waals surface area contributed by atoms with Crippen molar-refractivity contribution >= 4 is 50.5 Å². The lowest BCUT2D eigenvalue weighted by Gasteiger charge is -2.13. The number of aromatic hydroxyl groups is 2. The Morgan fingerprint density at radius 1 is 0.828 bits per heavy atom. The molecular weight excluding hydrogens is 439 g/mol. The summed E-state index contributed by atoms with van der Waals surface area (Å²) in [7, 11) is -4.25. The number of benzene rings is 3. The summed E-state index contributed by atoms with van der Waals surface area (Å²) in [6, 6.07) is 13.9. The maximum Gasteiger partial charge on any atom is 0.263 e. The van der Waals surface area contributed by atoms with Crippen LogP contribution in [0.1, 0.15) is 10.4 Å². The number of amides is 1. The third-order valence-corrected chi connectivity index (χ3v) is 6.00. The molecule has 3 aromatic carbocycles. The van der Waals surface area contributed by atoms with Gasteiger partial charge < -0.3 is 15.5 Å². The number of phenolic OH excluding ortho intramolecular Hbond substituents is 2. The molecule has 0 fully saturated rings. The topological polar surface area (TPSA) is 116 Å². The van der Waals surface area contributed by atoms with Gasteiger partial charge in [-0.25, -0.2) is 8.42 Å². The number of para-hydroxylation sites is 4. The highest BCUT2D eigenvalue weighted by Gasteiger charge is 2.24. The van der Waals surface area contributed by atoms with Gasteiger partial charge in [-0.3, -0.25) is 9.52 Å². The molecule has 0 unspecified atom stereocenters. The highest BCUT2D eigenvalue weighted by molar-refractivity contribution is 7.92. The molecule has 0 atom stereocenters. The van der Waals surface area contributed by atoms with Crippen molar-refractivity contribution in [1.82, 2.24) is 0 Å². The molecule has 0 aromatic heterocycles. The number of rotatable bonds is 5. The predicted molar refractivity (Wildman–Crippen MR) is 111 cm³/mol. The SMILES string of the molecule is O=C(Nc1ccccc1O)c1cc(S(=O)(=O)Nc2ccccc2O)c(Cl)cc1Cl. The average molecular weight is 453 g/mol. The molecule has 0 aliphatic rings. The van der Waals surface area contributed by atoms with E-state index < -0.39 is 20.8 Å². The molecule has 0 aliphatic carbocycles. The van der Waals surface area contributed by atoms with E-state index in [4.69, 9.17) is 23.2 Å². The van der Waals surface area contributed by atoms with E-state index >= 15 is 0 Å². The molecule has 0 saturated heterocycles. The average Bonchev–Trinajstić information content (AvgIpc) is 2.65. The first-order valence-corrected chi connectivity index (χ1v) is 10.3. The van der Waals surface area contributed by atoms with Crippen molar-refractivity contribution in [3.63, 3.8) is 0 Å². The lowest BCUT2D eigenvalue weighted by atomic mass is 10.2. The van der Waals surface area contributed by atoms with Crippen molar-refractivity contribution in [3.05, 3.63) is 76.3 Å². The van der Waals surface area contributed by atoms with E-state index in [1.807, 2.05) is 0 Å². The van der Waals surface area contributed by atoms with Gasteiger partial charge in [-0.1, -0.05) is 47.5 Å². The largest absolute Gasteiger partial charge is 0.506 e. The fraction of sp³-hybridized carbons (Fsp3) is 0. The standard InChI is InChI=1S/C19H14Cl2N2O5S/c20-12-10-13(21)18(29(27,28)23-15-6-2-4-8-17(15)25)9-11(12)19(26)22-14-5-1-3-7-16(14)24/h1-10,23-25H,(H,22,26). The van der Waals surface area contributed by atoms with Crippen LogP contribution >= 0.6 is 23.2 Å². The monoisotopic (exact) mass is 452 g/mol. The van der Waals surface area contributed by atoms with Crippen LogP contribution in [0.2, 0.25) is 10.0 Å². The van der Waals surface area contributed by atoms with E-state index in [0.29, 0.717) is 0 Å². The summed E-state index contributed by atoms with van der Waals surface area (Å²) < 4.78 is 27.7. The van der Waals surface area contributed by atoms with Crippen molar-refractivity contribution in [2.45, 2.75) is 4.90 Å². The van der Waals surface area contributed by atoms with Crippen molar-refractivity contribution in [3.8, 4) is 11.5 Å². The summed E-state index contributed by atoms with van der Waals surface area (Å²) in [5.41, 5.74) is -0.101. The number of sulfonamides is 1. The molecule has 0 spiro atoms. The number of hydrogen-bond donors (Lipinski definition) is 4. The quantitative estimate of drug-likeness (QED) is 0.426. The predicted octanol–water partition coefficient (Wildman–Crippen LogP) is 4.46. The first-order valence-electron chi connectivity index (χ1n) is 8.08. The van der Waals surface area contributed by atoms with Crippen LogP contribution in [0.25, 0.3) is 0 Å². The maximum atomic E-state index is 12.8. The zero-order valence-corrected chi connectivity index (χ0v) is 16.9. The van der Waals surface area contributed by atoms with Gasteiger partial charge in [0, 0.05) is 0 Å². The second kappa shape index (κ2) is 8.20. The van der Waals surface area contributed by atoms with Gasteiger partial charge in [-0.05, 0) is 36.4 Å². The van der Waals surface area contributed by atoms with Gasteiger partial charge in [-0.2, -0.15) is 0 Å². The zero-order valence-electron chi connectivity index (χ0n) is 14.6. The Bertz CT molecular complexity index is 1200. The van der Waals surface area contributed by atoms with Crippen LogP contribution in [0.15, 0.2) is 65.6 Å². The molecule has 0 bridgehead atoms. The summed E-state index contributed by atoms with van der Waals surface area (Å²) in [5, 5.41) is 21.8. The first-order chi connectivity index (χ1) is 13.7. The second-order valence-electron chi connectivity index (χ2n) is 5.86. The van der Waals surface area contributed by atoms with Gasteiger partial charge in [-0.15, -0.1) is 0 Å². The van der Waals surface area contributed by atoms with Crippen LogP contribution < -0.4 is 10.0 Å². The smallest absolute Gasteiger partial charge is 0.263 e. The van der Waals surface area contributed by atoms with Crippen LogP contribution in [0.5, 0.6) is 11.5 Å². The number of hydrogen-bond acceptors (Lipinski definition) is 5. The Morgan fingerprint density at radius 3 is 1.97 bits per heavy atom. The summed E-state index contributed by atoms with van der Waals surface area (Å²) in [6.07, 6.45) is 0. The molecule has 1 amide bonds. The Balaban J connectivity index is 1.98. The fourth-order valence-electron chi connectivity index (χ4n) is 2.44. The van der Waals surface area contributed by atoms with Gasteiger partial charge in [0.1, 0.15) is 16.4 Å². The number of phenols is 2. The minimum absolute atomic E-state index is 0.0567. The van der Waals surface area contributed by atoms with E-state index in [1.54, 1.807) is 12.1 Å². The van der Waals surface area contributed by atoms with E-state index in [-0.39, 0.29) is 38.5 Å². The van der Waals surface area contributed by atoms with Gasteiger partial charge >= 0.3 is 0 Å². The van der Waals surface area contributed by atoms with Crippen molar-refractivity contribution in [2.24, 2.45) is 0 Å². The molecule has 0 saturated carbocycles. The Hall–Kier alpha value is -2.94. The van der Waals surface area contributed by atoms with E-state index in [0.717, 1.165) is 12.1 Å².